The molecule has 0 atom stereocenters. The molecule has 0 aliphatic heterocycles. The number of ether oxygens (including phenoxy) is 1. The maximum atomic E-state index is 13.1. The minimum absolute atomic E-state index is 0.0239. The fraction of sp³-hybridized carbons (Fsp3) is 0.273. The lowest BCUT2D eigenvalue weighted by Gasteiger charge is -2.08. The van der Waals surface area contributed by atoms with Crippen molar-refractivity contribution in [1.29, 1.82) is 0 Å². The van der Waals surface area contributed by atoms with E-state index in [1.54, 1.807) is 5.10 Å². The van der Waals surface area contributed by atoms with Gasteiger partial charge in [0.2, 0.25) is 11.8 Å². The van der Waals surface area contributed by atoms with Crippen LogP contribution in [-0.4, -0.2) is 22.3 Å². The summed E-state index contributed by atoms with van der Waals surface area (Å²) in [6.07, 6.45) is -4.59. The number of alkyl halides is 3. The number of H-pyrrole nitrogens is 1. The molecule has 0 radical (unpaired) electrons. The fourth-order valence-electron chi connectivity index (χ4n) is 1.53. The van der Waals surface area contributed by atoms with Crippen molar-refractivity contribution in [2.24, 2.45) is 0 Å². The maximum absolute atomic E-state index is 13.1. The molecule has 2 N–H and O–H groups in total. The maximum Gasteiger partial charge on any atom is 0.451 e. The summed E-state index contributed by atoms with van der Waals surface area (Å²) in [7, 11) is 1.41. The monoisotopic (exact) mass is 290 g/mol. The lowest BCUT2D eigenvalue weighted by Crippen LogP contribution is -2.08. The molecular formula is C11H10F4N4O. The first-order valence-corrected chi connectivity index (χ1v) is 5.46. The summed E-state index contributed by atoms with van der Waals surface area (Å²) >= 11 is 0. The van der Waals surface area contributed by atoms with Gasteiger partial charge in [-0.05, 0) is 18.2 Å². The van der Waals surface area contributed by atoms with Crippen molar-refractivity contribution in [2.45, 2.75) is 12.7 Å². The zero-order valence-electron chi connectivity index (χ0n) is 10.3. The van der Waals surface area contributed by atoms with Gasteiger partial charge in [0.05, 0.1) is 7.11 Å². The SMILES string of the molecule is COc1ccc(F)cc1CNc1n[nH]c(C(F)(F)F)n1. The van der Waals surface area contributed by atoms with Crippen molar-refractivity contribution in [1.82, 2.24) is 15.2 Å². The van der Waals surface area contributed by atoms with E-state index in [-0.39, 0.29) is 12.5 Å². The highest BCUT2D eigenvalue weighted by atomic mass is 19.4. The van der Waals surface area contributed by atoms with Gasteiger partial charge in [-0.2, -0.15) is 18.2 Å². The van der Waals surface area contributed by atoms with E-state index in [4.69, 9.17) is 4.74 Å². The third kappa shape index (κ3) is 3.16. The van der Waals surface area contributed by atoms with E-state index < -0.39 is 17.8 Å². The van der Waals surface area contributed by atoms with E-state index in [0.717, 1.165) is 0 Å². The van der Waals surface area contributed by atoms with E-state index in [9.17, 15) is 17.6 Å². The number of anilines is 1. The number of benzene rings is 1. The van der Waals surface area contributed by atoms with Gasteiger partial charge in [0, 0.05) is 12.1 Å². The van der Waals surface area contributed by atoms with E-state index in [2.05, 4.69) is 15.4 Å². The van der Waals surface area contributed by atoms with E-state index >= 15 is 0 Å². The van der Waals surface area contributed by atoms with Crippen LogP contribution in [-0.2, 0) is 12.7 Å². The first kappa shape index (κ1) is 14.1. The van der Waals surface area contributed by atoms with Gasteiger partial charge in [0.15, 0.2) is 0 Å². The summed E-state index contributed by atoms with van der Waals surface area (Å²) in [6.45, 7) is 0.0239. The first-order valence-electron chi connectivity index (χ1n) is 5.46. The van der Waals surface area contributed by atoms with Gasteiger partial charge >= 0.3 is 6.18 Å². The van der Waals surface area contributed by atoms with Gasteiger partial charge in [-0.25, -0.2) is 4.39 Å². The summed E-state index contributed by atoms with van der Waals surface area (Å²) in [4.78, 5) is 3.24. The Morgan fingerprint density at radius 2 is 2.10 bits per heavy atom. The highest BCUT2D eigenvalue weighted by Crippen LogP contribution is 2.26. The minimum Gasteiger partial charge on any atom is -0.496 e. The van der Waals surface area contributed by atoms with Crippen molar-refractivity contribution in [3.05, 3.63) is 35.4 Å². The molecule has 0 spiro atoms. The first-order chi connectivity index (χ1) is 9.40. The van der Waals surface area contributed by atoms with E-state index in [0.29, 0.717) is 11.3 Å². The second-order valence-corrected chi connectivity index (χ2v) is 3.82. The van der Waals surface area contributed by atoms with Crippen LogP contribution in [0.4, 0.5) is 23.5 Å². The normalized spacial score (nSPS) is 11.4. The Bertz CT molecular complexity index is 596. The van der Waals surface area contributed by atoms with Gasteiger partial charge in [-0.1, -0.05) is 0 Å². The third-order valence-electron chi connectivity index (χ3n) is 2.43. The number of halogens is 4. The number of nitrogens with zero attached hydrogens (tertiary/aromatic N) is 2. The molecule has 0 bridgehead atoms. The van der Waals surface area contributed by atoms with Crippen LogP contribution in [0.15, 0.2) is 18.2 Å². The van der Waals surface area contributed by atoms with Crippen molar-refractivity contribution in [2.75, 3.05) is 12.4 Å². The molecule has 0 saturated carbocycles. The predicted octanol–water partition coefficient (Wildman–Crippen LogP) is 2.58. The second-order valence-electron chi connectivity index (χ2n) is 3.82. The highest BCUT2D eigenvalue weighted by Gasteiger charge is 2.35. The molecule has 9 heteroatoms. The molecule has 20 heavy (non-hydrogen) atoms. The van der Waals surface area contributed by atoms with Crippen LogP contribution < -0.4 is 10.1 Å². The van der Waals surface area contributed by atoms with Crippen LogP contribution in [0.1, 0.15) is 11.4 Å². The second kappa shape index (κ2) is 5.35. The summed E-state index contributed by atoms with van der Waals surface area (Å²) in [5.41, 5.74) is 0.436. The van der Waals surface area contributed by atoms with Gasteiger partial charge < -0.3 is 10.1 Å². The Kier molecular flexibility index (Phi) is 3.77. The number of hydrogen-bond acceptors (Lipinski definition) is 4. The molecule has 0 unspecified atom stereocenters. The summed E-state index contributed by atoms with van der Waals surface area (Å²) in [5.74, 6) is -1.51. The Morgan fingerprint density at radius 1 is 1.35 bits per heavy atom. The number of aromatic nitrogens is 3. The van der Waals surface area contributed by atoms with Crippen molar-refractivity contribution in [3.63, 3.8) is 0 Å². The fourth-order valence-corrected chi connectivity index (χ4v) is 1.53. The molecule has 2 aromatic rings. The molecule has 0 aliphatic carbocycles. The van der Waals surface area contributed by atoms with Gasteiger partial charge in [0.1, 0.15) is 11.6 Å². The molecular weight excluding hydrogens is 280 g/mol. The molecule has 1 heterocycles. The molecule has 0 fully saturated rings. The average molecular weight is 290 g/mol. The standard InChI is InChI=1S/C11H10F4N4O/c1-20-8-3-2-7(12)4-6(8)5-16-10-17-9(18-19-10)11(13,14)15/h2-4H,5H2,1H3,(H2,16,17,18,19). The summed E-state index contributed by atoms with van der Waals surface area (Å²) in [6, 6.07) is 3.85. The molecule has 2 rings (SSSR count). The molecule has 0 amide bonds. The quantitative estimate of drug-likeness (QED) is 0.850. The topological polar surface area (TPSA) is 62.8 Å². The van der Waals surface area contributed by atoms with Crippen molar-refractivity contribution in [3.8, 4) is 5.75 Å². The lowest BCUT2D eigenvalue weighted by molar-refractivity contribution is -0.144. The smallest absolute Gasteiger partial charge is 0.451 e. The van der Waals surface area contributed by atoms with Crippen LogP contribution in [0.3, 0.4) is 0 Å². The zero-order chi connectivity index (χ0) is 14.8. The molecule has 108 valence electrons. The van der Waals surface area contributed by atoms with Crippen LogP contribution in [0.5, 0.6) is 5.75 Å². The molecule has 5 nitrogen and oxygen atoms in total. The molecule has 0 aliphatic rings. The number of methoxy groups -OCH3 is 1. The van der Waals surface area contributed by atoms with Crippen LogP contribution >= 0.6 is 0 Å². The van der Waals surface area contributed by atoms with Crippen molar-refractivity contribution < 1.29 is 22.3 Å². The molecule has 1 aromatic carbocycles. The zero-order valence-corrected chi connectivity index (χ0v) is 10.3. The predicted molar refractivity (Wildman–Crippen MR) is 61.7 cm³/mol. The summed E-state index contributed by atoms with van der Waals surface area (Å²) in [5, 5.41) is 7.70. The van der Waals surface area contributed by atoms with Gasteiger partial charge in [0.25, 0.3) is 0 Å². The Balaban J connectivity index is 2.09. The summed E-state index contributed by atoms with van der Waals surface area (Å²) < 4.78 is 55.0. The third-order valence-corrected chi connectivity index (χ3v) is 2.43. The largest absolute Gasteiger partial charge is 0.496 e. The number of rotatable bonds is 4. The Labute approximate surface area is 111 Å². The number of aromatic amines is 1. The van der Waals surface area contributed by atoms with Crippen LogP contribution in [0.25, 0.3) is 0 Å². The van der Waals surface area contributed by atoms with Crippen LogP contribution in [0, 0.1) is 5.82 Å². The van der Waals surface area contributed by atoms with E-state index in [1.165, 1.54) is 25.3 Å². The number of nitrogens with one attached hydrogen (secondary N) is 2. The number of hydrogen-bond donors (Lipinski definition) is 2. The lowest BCUT2D eigenvalue weighted by atomic mass is 10.2. The van der Waals surface area contributed by atoms with Gasteiger partial charge in [-0.15, -0.1) is 5.10 Å². The average Bonchev–Trinajstić information content (AvgIpc) is 2.85. The van der Waals surface area contributed by atoms with Crippen LogP contribution in [0.2, 0.25) is 0 Å². The molecule has 1 aromatic heterocycles. The van der Waals surface area contributed by atoms with Gasteiger partial charge in [-0.3, -0.25) is 5.10 Å². The Hall–Kier alpha value is -2.32. The van der Waals surface area contributed by atoms with E-state index in [1.807, 2.05) is 0 Å². The highest BCUT2D eigenvalue weighted by molar-refractivity contribution is 5.37. The molecule has 0 saturated heterocycles. The minimum atomic E-state index is -4.59. The van der Waals surface area contributed by atoms with Crippen molar-refractivity contribution >= 4 is 5.95 Å². The Morgan fingerprint density at radius 3 is 2.70 bits per heavy atom.